The van der Waals surface area contributed by atoms with E-state index in [2.05, 4.69) is 25.1 Å². The fourth-order valence-electron chi connectivity index (χ4n) is 3.82. The van der Waals surface area contributed by atoms with Crippen LogP contribution in [0.1, 0.15) is 96.1 Å². The van der Waals surface area contributed by atoms with Crippen molar-refractivity contribution >= 4 is 18.4 Å². The first-order valence-corrected chi connectivity index (χ1v) is 13.0. The van der Waals surface area contributed by atoms with Gasteiger partial charge in [-0.2, -0.15) is 0 Å². The fourth-order valence-corrected chi connectivity index (χ4v) is 4.29. The van der Waals surface area contributed by atoms with Crippen LogP contribution in [0.4, 0.5) is 0 Å². The summed E-state index contributed by atoms with van der Waals surface area (Å²) >= 11 is 0. The number of fused-ring (bicyclic) bond motifs is 1. The van der Waals surface area contributed by atoms with E-state index in [0.717, 1.165) is 17.2 Å². The number of rotatable bonds is 13. The molecular weight excluding hydrogens is 379 g/mol. The smallest absolute Gasteiger partial charge is 0.324 e. The lowest BCUT2D eigenvalue weighted by Gasteiger charge is -2.26. The molecule has 0 spiro atoms. The van der Waals surface area contributed by atoms with Crippen LogP contribution in [0.25, 0.3) is 10.8 Å². The molecule has 0 aliphatic heterocycles. The quantitative estimate of drug-likeness (QED) is 0.259. The van der Waals surface area contributed by atoms with Crippen LogP contribution in [-0.4, -0.2) is 9.79 Å². The molecule has 0 radical (unpaired) electrons. The predicted molar refractivity (Wildman–Crippen MR) is 125 cm³/mol. The molecule has 0 aliphatic rings. The van der Waals surface area contributed by atoms with Crippen molar-refractivity contribution in [3.05, 3.63) is 47.5 Å². The van der Waals surface area contributed by atoms with E-state index in [1.807, 2.05) is 18.2 Å². The third-order valence-electron chi connectivity index (χ3n) is 6.16. The number of hydrogen-bond acceptors (Lipinski definition) is 1. The van der Waals surface area contributed by atoms with Crippen LogP contribution in [0.3, 0.4) is 0 Å². The number of aryl methyl sites for hydroxylation is 1. The molecule has 0 aliphatic carbocycles. The van der Waals surface area contributed by atoms with Gasteiger partial charge in [0.1, 0.15) is 0 Å². The Balaban J connectivity index is 1.80. The van der Waals surface area contributed by atoms with Gasteiger partial charge in [-0.3, -0.25) is 4.57 Å². The summed E-state index contributed by atoms with van der Waals surface area (Å²) in [5.74, 6) is 0. The molecule has 0 aromatic heterocycles. The van der Waals surface area contributed by atoms with Gasteiger partial charge in [-0.1, -0.05) is 95.0 Å². The van der Waals surface area contributed by atoms with Gasteiger partial charge in [0.15, 0.2) is 0 Å². The van der Waals surface area contributed by atoms with Gasteiger partial charge in [0.2, 0.25) is 0 Å². The molecular formula is C25H39O3P. The molecule has 2 aromatic carbocycles. The highest BCUT2D eigenvalue weighted by Gasteiger charge is 2.39. The summed E-state index contributed by atoms with van der Waals surface area (Å²) < 4.78 is 11.8. The maximum absolute atomic E-state index is 11.8. The zero-order chi connectivity index (χ0) is 21.3. The molecule has 29 heavy (non-hydrogen) atoms. The monoisotopic (exact) mass is 418 g/mol. The van der Waals surface area contributed by atoms with Crippen molar-refractivity contribution in [2.75, 3.05) is 0 Å². The molecule has 0 saturated carbocycles. The second-order valence-corrected chi connectivity index (χ2v) is 11.1. The molecule has 0 fully saturated rings. The van der Waals surface area contributed by atoms with Crippen molar-refractivity contribution in [3.8, 4) is 0 Å². The Bertz CT molecular complexity index is 807. The third kappa shape index (κ3) is 7.24. The lowest BCUT2D eigenvalue weighted by Crippen LogP contribution is -2.17. The summed E-state index contributed by atoms with van der Waals surface area (Å²) in [6.07, 6.45) is 14.6. The summed E-state index contributed by atoms with van der Waals surface area (Å²) in [5, 5.41) is 1.01. The lowest BCUT2D eigenvalue weighted by atomic mass is 9.96. The van der Waals surface area contributed by atoms with E-state index in [0.29, 0.717) is 5.56 Å². The topological polar surface area (TPSA) is 57.5 Å². The summed E-state index contributed by atoms with van der Waals surface area (Å²) in [4.78, 5) is 19.3. The number of unbranched alkanes of at least 4 members (excludes halogenated alkanes) is 9. The molecule has 0 atom stereocenters. The molecule has 0 heterocycles. The summed E-state index contributed by atoms with van der Waals surface area (Å²) in [5.41, 5.74) is 2.03. The zero-order valence-electron chi connectivity index (χ0n) is 18.5. The minimum absolute atomic E-state index is 0.681. The minimum Gasteiger partial charge on any atom is -0.324 e. The normalized spacial score (nSPS) is 12.6. The molecule has 0 bridgehead atoms. The van der Waals surface area contributed by atoms with Gasteiger partial charge in [-0.15, -0.1) is 0 Å². The first kappa shape index (κ1) is 24.1. The largest absolute Gasteiger partial charge is 0.335 e. The molecule has 0 amide bonds. The van der Waals surface area contributed by atoms with E-state index in [1.165, 1.54) is 69.8 Å². The van der Waals surface area contributed by atoms with Gasteiger partial charge >= 0.3 is 7.60 Å². The summed E-state index contributed by atoms with van der Waals surface area (Å²) in [7, 11) is -4.21. The number of hydrogen-bond donors (Lipinski definition) is 2. The van der Waals surface area contributed by atoms with E-state index in [-0.39, 0.29) is 0 Å². The van der Waals surface area contributed by atoms with Crippen molar-refractivity contribution in [3.63, 3.8) is 0 Å². The molecule has 3 nitrogen and oxygen atoms in total. The Morgan fingerprint density at radius 3 is 1.86 bits per heavy atom. The second-order valence-electron chi connectivity index (χ2n) is 8.93. The van der Waals surface area contributed by atoms with Crippen molar-refractivity contribution in [2.24, 2.45) is 0 Å². The highest BCUT2D eigenvalue weighted by molar-refractivity contribution is 7.53. The SMILES string of the molecule is CCCCCCCCCCCCc1ccc2cc(C(C)(C)P(=O)(O)O)ccc2c1. The van der Waals surface area contributed by atoms with Crippen LogP contribution >= 0.6 is 7.60 Å². The van der Waals surface area contributed by atoms with Crippen LogP contribution in [0.5, 0.6) is 0 Å². The highest BCUT2D eigenvalue weighted by atomic mass is 31.2. The average molecular weight is 419 g/mol. The van der Waals surface area contributed by atoms with Gasteiger partial charge in [-0.25, -0.2) is 0 Å². The van der Waals surface area contributed by atoms with Crippen LogP contribution in [0, 0.1) is 0 Å². The number of benzene rings is 2. The van der Waals surface area contributed by atoms with Crippen LogP contribution in [0.2, 0.25) is 0 Å². The van der Waals surface area contributed by atoms with Gasteiger partial charge in [0.25, 0.3) is 0 Å². The Morgan fingerprint density at radius 2 is 1.28 bits per heavy atom. The van der Waals surface area contributed by atoms with Gasteiger partial charge < -0.3 is 9.79 Å². The Morgan fingerprint density at radius 1 is 0.759 bits per heavy atom. The van der Waals surface area contributed by atoms with Crippen molar-refractivity contribution in [2.45, 2.75) is 96.6 Å². The fraction of sp³-hybridized carbons (Fsp3) is 0.600. The highest BCUT2D eigenvalue weighted by Crippen LogP contribution is 2.56. The zero-order valence-corrected chi connectivity index (χ0v) is 19.4. The molecule has 4 heteroatoms. The second kappa shape index (κ2) is 11.3. The summed E-state index contributed by atoms with van der Waals surface area (Å²) in [6, 6.07) is 12.2. The first-order valence-electron chi connectivity index (χ1n) is 11.3. The molecule has 2 rings (SSSR count). The minimum atomic E-state index is -4.21. The Labute approximate surface area is 177 Å². The van der Waals surface area contributed by atoms with Crippen LogP contribution in [-0.2, 0) is 16.1 Å². The molecule has 2 aromatic rings. The van der Waals surface area contributed by atoms with Crippen LogP contribution in [0.15, 0.2) is 36.4 Å². The van der Waals surface area contributed by atoms with E-state index in [1.54, 1.807) is 13.8 Å². The van der Waals surface area contributed by atoms with Crippen molar-refractivity contribution in [1.29, 1.82) is 0 Å². The van der Waals surface area contributed by atoms with Crippen LogP contribution < -0.4 is 0 Å². The predicted octanol–water partition coefficient (Wildman–Crippen LogP) is 7.72. The van der Waals surface area contributed by atoms with Crippen molar-refractivity contribution < 1.29 is 14.4 Å². The maximum atomic E-state index is 11.8. The van der Waals surface area contributed by atoms with Gasteiger partial charge in [0, 0.05) is 0 Å². The third-order valence-corrected chi connectivity index (χ3v) is 7.87. The van der Waals surface area contributed by atoms with Gasteiger partial charge in [0.05, 0.1) is 5.16 Å². The van der Waals surface area contributed by atoms with E-state index in [9.17, 15) is 14.4 Å². The van der Waals surface area contributed by atoms with E-state index >= 15 is 0 Å². The molecule has 0 unspecified atom stereocenters. The molecule has 0 saturated heterocycles. The Kier molecular flexibility index (Phi) is 9.40. The molecule has 162 valence electrons. The molecule has 2 N–H and O–H groups in total. The average Bonchev–Trinajstić information content (AvgIpc) is 2.68. The lowest BCUT2D eigenvalue weighted by molar-refractivity contribution is 0.338. The standard InChI is InChI=1S/C25H39O3P/c1-4-5-6-7-8-9-10-11-12-13-14-21-15-16-23-20-24(18-17-22(23)19-21)25(2,3)29(26,27)28/h15-20H,4-14H2,1-3H3,(H2,26,27,28). The summed E-state index contributed by atoms with van der Waals surface area (Å²) in [6.45, 7) is 5.48. The first-order chi connectivity index (χ1) is 13.8. The Hall–Kier alpha value is -1.15. The van der Waals surface area contributed by atoms with Gasteiger partial charge in [-0.05, 0) is 54.7 Å². The van der Waals surface area contributed by atoms with Crippen molar-refractivity contribution in [1.82, 2.24) is 0 Å². The van der Waals surface area contributed by atoms with E-state index in [4.69, 9.17) is 0 Å². The van der Waals surface area contributed by atoms with E-state index < -0.39 is 12.8 Å². The maximum Gasteiger partial charge on any atom is 0.335 e.